The maximum absolute atomic E-state index is 12.8. The van der Waals surface area contributed by atoms with Crippen LogP contribution in [0.1, 0.15) is 24.2 Å². The van der Waals surface area contributed by atoms with Gasteiger partial charge in [0, 0.05) is 31.9 Å². The van der Waals surface area contributed by atoms with Crippen LogP contribution in [0.4, 0.5) is 0 Å². The van der Waals surface area contributed by atoms with Crippen molar-refractivity contribution >= 4 is 22.9 Å². The third-order valence-electron chi connectivity index (χ3n) is 4.48. The molecule has 1 fully saturated rings. The highest BCUT2D eigenvalue weighted by Gasteiger charge is 2.33. The van der Waals surface area contributed by atoms with Gasteiger partial charge in [0.05, 0.1) is 17.9 Å². The van der Waals surface area contributed by atoms with Gasteiger partial charge in [-0.15, -0.1) is 0 Å². The van der Waals surface area contributed by atoms with E-state index in [0.717, 1.165) is 5.52 Å². The molecule has 24 heavy (non-hydrogen) atoms. The van der Waals surface area contributed by atoms with Crippen LogP contribution in [0.15, 0.2) is 41.7 Å². The van der Waals surface area contributed by atoms with Gasteiger partial charge in [0.2, 0.25) is 5.91 Å². The summed E-state index contributed by atoms with van der Waals surface area (Å²) in [5.41, 5.74) is 1.83. The molecule has 1 atom stereocenters. The zero-order valence-electron chi connectivity index (χ0n) is 13.9. The Balaban J connectivity index is 1.80. The van der Waals surface area contributed by atoms with E-state index in [9.17, 15) is 9.59 Å². The fourth-order valence-corrected chi connectivity index (χ4v) is 3.10. The predicted molar refractivity (Wildman–Crippen MR) is 90.4 cm³/mol. The van der Waals surface area contributed by atoms with Crippen molar-refractivity contribution in [3.8, 4) is 0 Å². The number of carbonyl (C=O) groups excluding carboxylic acids is 2. The molecule has 0 aliphatic carbocycles. The average Bonchev–Trinajstić information content (AvgIpc) is 3.07. The Bertz CT molecular complexity index is 781. The molecule has 6 nitrogen and oxygen atoms in total. The molecule has 3 rings (SSSR count). The number of furan rings is 1. The van der Waals surface area contributed by atoms with Crippen molar-refractivity contribution in [2.75, 3.05) is 19.6 Å². The number of hydrogen-bond donors (Lipinski definition) is 0. The number of aromatic nitrogens is 1. The zero-order valence-corrected chi connectivity index (χ0v) is 13.9. The van der Waals surface area contributed by atoms with E-state index in [4.69, 9.17) is 4.42 Å². The molecule has 0 unspecified atom stereocenters. The Labute approximate surface area is 140 Å². The van der Waals surface area contributed by atoms with Crippen LogP contribution in [-0.2, 0) is 4.79 Å². The molecule has 0 N–H and O–H groups in total. The SMILES string of the molecule is C=CC(=O)N1CCN(C(=O)c2cnc3ccoc3c2)C[C@@H]1C(C)C. The molecule has 0 spiro atoms. The quantitative estimate of drug-likeness (QED) is 0.812. The largest absolute Gasteiger partial charge is 0.463 e. The lowest BCUT2D eigenvalue weighted by Crippen LogP contribution is -2.58. The molecular formula is C18H21N3O3. The van der Waals surface area contributed by atoms with E-state index in [0.29, 0.717) is 30.8 Å². The van der Waals surface area contributed by atoms with E-state index in [1.807, 2.05) is 0 Å². The van der Waals surface area contributed by atoms with Crippen LogP contribution in [0.25, 0.3) is 11.1 Å². The van der Waals surface area contributed by atoms with E-state index < -0.39 is 0 Å². The maximum atomic E-state index is 12.8. The molecule has 2 amide bonds. The van der Waals surface area contributed by atoms with Gasteiger partial charge in [-0.3, -0.25) is 14.6 Å². The van der Waals surface area contributed by atoms with Gasteiger partial charge in [-0.05, 0) is 18.1 Å². The summed E-state index contributed by atoms with van der Waals surface area (Å²) < 4.78 is 5.32. The van der Waals surface area contributed by atoms with Crippen molar-refractivity contribution in [2.45, 2.75) is 19.9 Å². The van der Waals surface area contributed by atoms with Crippen LogP contribution in [-0.4, -0.2) is 52.3 Å². The van der Waals surface area contributed by atoms with Gasteiger partial charge >= 0.3 is 0 Å². The molecule has 1 aliphatic heterocycles. The molecular weight excluding hydrogens is 306 g/mol. The standard InChI is InChI=1S/C18H21N3O3/c1-4-17(22)21-7-6-20(11-15(21)12(2)3)18(23)13-9-16-14(19-10-13)5-8-24-16/h4-5,8-10,12,15H,1,6-7,11H2,2-3H3/t15-/m1/s1. The Morgan fingerprint density at radius 3 is 2.92 bits per heavy atom. The number of piperazine rings is 1. The molecule has 0 aromatic carbocycles. The summed E-state index contributed by atoms with van der Waals surface area (Å²) >= 11 is 0. The van der Waals surface area contributed by atoms with Crippen LogP contribution in [0, 0.1) is 5.92 Å². The number of amides is 2. The minimum atomic E-state index is -0.0860. The van der Waals surface area contributed by atoms with E-state index in [1.54, 1.807) is 34.4 Å². The Morgan fingerprint density at radius 2 is 2.21 bits per heavy atom. The third kappa shape index (κ3) is 2.91. The second-order valence-corrected chi connectivity index (χ2v) is 6.33. The molecule has 0 radical (unpaired) electrons. The molecule has 126 valence electrons. The van der Waals surface area contributed by atoms with Gasteiger partial charge in [0.15, 0.2) is 5.58 Å². The first-order chi connectivity index (χ1) is 11.5. The smallest absolute Gasteiger partial charge is 0.255 e. The lowest BCUT2D eigenvalue weighted by molar-refractivity contribution is -0.131. The van der Waals surface area contributed by atoms with Crippen LogP contribution < -0.4 is 0 Å². The second-order valence-electron chi connectivity index (χ2n) is 6.33. The molecule has 2 aromatic rings. The number of rotatable bonds is 3. The summed E-state index contributed by atoms with van der Waals surface area (Å²) in [4.78, 5) is 32.7. The van der Waals surface area contributed by atoms with Gasteiger partial charge in [-0.2, -0.15) is 0 Å². The van der Waals surface area contributed by atoms with Gasteiger partial charge in [0.1, 0.15) is 5.52 Å². The number of nitrogens with zero attached hydrogens (tertiary/aromatic N) is 3. The minimum absolute atomic E-state index is 0.0199. The third-order valence-corrected chi connectivity index (χ3v) is 4.48. The first kappa shape index (κ1) is 16.2. The molecule has 1 aliphatic rings. The highest BCUT2D eigenvalue weighted by atomic mass is 16.3. The molecule has 0 saturated carbocycles. The van der Waals surface area contributed by atoms with E-state index in [2.05, 4.69) is 25.4 Å². The first-order valence-corrected chi connectivity index (χ1v) is 8.07. The maximum Gasteiger partial charge on any atom is 0.255 e. The highest BCUT2D eigenvalue weighted by Crippen LogP contribution is 2.21. The van der Waals surface area contributed by atoms with Crippen LogP contribution >= 0.6 is 0 Å². The average molecular weight is 327 g/mol. The monoisotopic (exact) mass is 327 g/mol. The summed E-state index contributed by atoms with van der Waals surface area (Å²) in [6, 6.07) is 3.46. The topological polar surface area (TPSA) is 66.7 Å². The van der Waals surface area contributed by atoms with E-state index >= 15 is 0 Å². The molecule has 6 heteroatoms. The van der Waals surface area contributed by atoms with E-state index in [1.165, 1.54) is 6.08 Å². The van der Waals surface area contributed by atoms with E-state index in [-0.39, 0.29) is 23.8 Å². The molecule has 1 saturated heterocycles. The van der Waals surface area contributed by atoms with Crippen LogP contribution in [0.3, 0.4) is 0 Å². The lowest BCUT2D eigenvalue weighted by atomic mass is 9.99. The highest BCUT2D eigenvalue weighted by molar-refractivity contribution is 5.96. The summed E-state index contributed by atoms with van der Waals surface area (Å²) in [7, 11) is 0. The Morgan fingerprint density at radius 1 is 1.42 bits per heavy atom. The van der Waals surface area contributed by atoms with Crippen molar-refractivity contribution in [1.29, 1.82) is 0 Å². The summed E-state index contributed by atoms with van der Waals surface area (Å²) in [5, 5.41) is 0. The Hall–Kier alpha value is -2.63. The van der Waals surface area contributed by atoms with Gasteiger partial charge in [-0.1, -0.05) is 20.4 Å². The van der Waals surface area contributed by atoms with Crippen molar-refractivity contribution in [1.82, 2.24) is 14.8 Å². The summed E-state index contributed by atoms with van der Waals surface area (Å²) in [5.74, 6) is 0.0757. The second kappa shape index (κ2) is 6.47. The summed E-state index contributed by atoms with van der Waals surface area (Å²) in [6.07, 6.45) is 4.47. The first-order valence-electron chi connectivity index (χ1n) is 8.07. The number of pyridine rings is 1. The molecule has 3 heterocycles. The molecule has 0 bridgehead atoms. The van der Waals surface area contributed by atoms with Crippen molar-refractivity contribution < 1.29 is 14.0 Å². The predicted octanol–water partition coefficient (Wildman–Crippen LogP) is 2.32. The summed E-state index contributed by atoms with van der Waals surface area (Å²) in [6.45, 7) is 9.19. The lowest BCUT2D eigenvalue weighted by Gasteiger charge is -2.43. The Kier molecular flexibility index (Phi) is 4.38. The van der Waals surface area contributed by atoms with Gasteiger partial charge in [-0.25, -0.2) is 0 Å². The van der Waals surface area contributed by atoms with Gasteiger partial charge in [0.25, 0.3) is 5.91 Å². The minimum Gasteiger partial charge on any atom is -0.463 e. The number of carbonyl (C=O) groups is 2. The number of hydrogen-bond acceptors (Lipinski definition) is 4. The zero-order chi connectivity index (χ0) is 17.3. The van der Waals surface area contributed by atoms with Crippen molar-refractivity contribution in [3.63, 3.8) is 0 Å². The van der Waals surface area contributed by atoms with Crippen molar-refractivity contribution in [3.05, 3.63) is 42.8 Å². The fraction of sp³-hybridized carbons (Fsp3) is 0.389. The number of fused-ring (bicyclic) bond motifs is 1. The normalized spacial score (nSPS) is 18.2. The fourth-order valence-electron chi connectivity index (χ4n) is 3.10. The van der Waals surface area contributed by atoms with Crippen molar-refractivity contribution in [2.24, 2.45) is 5.92 Å². The molecule has 2 aromatic heterocycles. The van der Waals surface area contributed by atoms with Gasteiger partial charge < -0.3 is 14.2 Å². The van der Waals surface area contributed by atoms with Crippen LogP contribution in [0.5, 0.6) is 0 Å². The van der Waals surface area contributed by atoms with Crippen LogP contribution in [0.2, 0.25) is 0 Å².